The third-order valence-corrected chi connectivity index (χ3v) is 14.6. The molecule has 8 heterocycles. The molecule has 2 amide bonds. The molecule has 0 radical (unpaired) electrons. The maximum Gasteiger partial charge on any atom is 0.320 e. The van der Waals surface area contributed by atoms with Gasteiger partial charge in [-0.05, 0) is 100 Å². The van der Waals surface area contributed by atoms with E-state index in [9.17, 15) is 18.4 Å². The van der Waals surface area contributed by atoms with Crippen molar-refractivity contribution in [2.45, 2.75) is 58.8 Å². The van der Waals surface area contributed by atoms with Crippen molar-refractivity contribution in [2.75, 3.05) is 53.2 Å². The number of allylic oxidation sites excluding steroid dienone is 1. The average Bonchev–Trinajstić information content (AvgIpc) is 4.36. The maximum absolute atomic E-state index is 16.1. The zero-order valence-electron chi connectivity index (χ0n) is 45.2. The van der Waals surface area contributed by atoms with Crippen LogP contribution in [-0.4, -0.2) is 125 Å². The van der Waals surface area contributed by atoms with Crippen LogP contribution in [0.25, 0.3) is 44.1 Å². The van der Waals surface area contributed by atoms with Crippen molar-refractivity contribution in [2.24, 2.45) is 0 Å². The highest BCUT2D eigenvalue weighted by Crippen LogP contribution is 2.36. The van der Waals surface area contributed by atoms with E-state index in [1.165, 1.54) is 18.7 Å². The number of hydrogen-bond donors (Lipinski definition) is 3. The van der Waals surface area contributed by atoms with Gasteiger partial charge >= 0.3 is 6.55 Å². The minimum atomic E-state index is -2.70. The van der Waals surface area contributed by atoms with Crippen molar-refractivity contribution in [3.05, 3.63) is 140 Å². The van der Waals surface area contributed by atoms with Gasteiger partial charge in [0.25, 0.3) is 0 Å². The van der Waals surface area contributed by atoms with Gasteiger partial charge in [-0.3, -0.25) is 14.2 Å². The molecule has 2 saturated heterocycles. The van der Waals surface area contributed by atoms with Crippen LogP contribution in [0.5, 0.6) is 23.0 Å². The predicted octanol–water partition coefficient (Wildman–Crippen LogP) is 9.03. The van der Waals surface area contributed by atoms with Crippen LogP contribution < -0.4 is 35.2 Å². The predicted molar refractivity (Wildman–Crippen MR) is 304 cm³/mol. The molecule has 26 heteroatoms. The molecule has 2 atom stereocenters. The first kappa shape index (κ1) is 53.3. The average molecular weight is 1120 g/mol. The number of nitrogens with one attached hydrogen (secondary N) is 3. The summed E-state index contributed by atoms with van der Waals surface area (Å²) in [6, 6.07) is 18.6. The minimum absolute atomic E-state index is 0.151. The number of halogens is 3. The van der Waals surface area contributed by atoms with Crippen LogP contribution in [0, 0.1) is 19.7 Å². The highest BCUT2D eigenvalue weighted by Gasteiger charge is 2.36. The Bertz CT molecular complexity index is 4220. The molecule has 4 aromatic carbocycles. The number of rotatable bonds is 16. The second-order valence-electron chi connectivity index (χ2n) is 20.4. The van der Waals surface area contributed by atoms with Crippen LogP contribution in [0.4, 0.5) is 48.1 Å². The van der Waals surface area contributed by atoms with Gasteiger partial charge in [0.15, 0.2) is 17.5 Å². The molecule has 10 aromatic rings. The van der Waals surface area contributed by atoms with Crippen LogP contribution in [0.1, 0.15) is 37.9 Å². The fourth-order valence-corrected chi connectivity index (χ4v) is 10.2. The van der Waals surface area contributed by atoms with Crippen LogP contribution >= 0.6 is 0 Å². The van der Waals surface area contributed by atoms with Crippen LogP contribution in [0.2, 0.25) is 0 Å². The first-order chi connectivity index (χ1) is 40.1. The van der Waals surface area contributed by atoms with Gasteiger partial charge in [-0.2, -0.15) is 8.78 Å². The lowest BCUT2D eigenvalue weighted by Gasteiger charge is -2.39. The normalized spacial score (nSPS) is 16.4. The molecule has 3 N–H and O–H groups in total. The van der Waals surface area contributed by atoms with E-state index in [0.717, 1.165) is 22.1 Å². The van der Waals surface area contributed by atoms with E-state index >= 15 is 4.39 Å². The number of aryl methyl sites for hydroxylation is 1. The number of anilines is 6. The molecule has 12 rings (SSSR count). The number of alkyl halides is 2. The number of carbonyl (C=O) groups is 2. The topological polar surface area (TPSA) is 250 Å². The van der Waals surface area contributed by atoms with E-state index in [-0.39, 0.29) is 41.5 Å². The van der Waals surface area contributed by atoms with Gasteiger partial charge in [-0.1, -0.05) is 17.9 Å². The lowest BCUT2D eigenvalue weighted by molar-refractivity contribution is -0.128. The number of hydrogen-bond acceptors (Lipinski definition) is 19. The smallest absolute Gasteiger partial charge is 0.320 e. The summed E-state index contributed by atoms with van der Waals surface area (Å²) in [4.78, 5) is 71.9. The van der Waals surface area contributed by atoms with Crippen molar-refractivity contribution in [3.8, 4) is 23.0 Å². The fourth-order valence-electron chi connectivity index (χ4n) is 10.2. The van der Waals surface area contributed by atoms with Gasteiger partial charge < -0.3 is 40.1 Å². The highest BCUT2D eigenvalue weighted by molar-refractivity contribution is 5.90. The highest BCUT2D eigenvalue weighted by atomic mass is 19.3. The number of carbonyl (C=O) groups excluding carboxylic acids is 2. The SMILES string of the molecule is C=CC(=O)N[C@]1(C)CCN(c2ncc3ncnc(Nc4ccc(Oc5ccc6c(c5)nnn6C/C=C/C(=O)N5CCN(c6ncc7ncnc(Nc8ccc(Oc9ccc%10c(c9)ncn%10C(F)F)c(C)c8)c7n6)C[C@H]5C)c(C)c4F)c3n2)C1. The molecule has 23 nitrogen and oxygen atoms in total. The second-order valence-corrected chi connectivity index (χ2v) is 20.4. The van der Waals surface area contributed by atoms with E-state index in [2.05, 4.69) is 67.7 Å². The number of ether oxygens (including phenoxy) is 2. The molecule has 2 aliphatic heterocycles. The number of fused-ring (bicyclic) bond motifs is 4. The molecule has 2 aliphatic rings. The van der Waals surface area contributed by atoms with Gasteiger partial charge in [0.05, 0.1) is 46.7 Å². The standard InChI is InChI=1S/C57H52F3N19O4/c1-6-47(80)72-57(5)17-19-76(28-57)56-62-26-42-51(71-56)53(66-30-64-42)69-38-12-16-46(34(4)49(38)58)83-37-11-14-44-40(24-37)73-74-79(44)18-7-8-48(81)77-21-20-75(27-33(77)3)55-61-25-41-50(70-55)52(65-29-63-41)68-35-9-15-45(32(2)22-35)82-36-10-13-43-39(23-36)67-31-78(43)54(59)60/h6-16,22-26,29-31,33,54H,1,17-21,27-28H2,2-5H3,(H,72,80)(H,63,65,68)(H,64,66,69)/b8-7+/t33-,57-/m1/s1. The monoisotopic (exact) mass is 1120 g/mol. The van der Waals surface area contributed by atoms with Crippen molar-refractivity contribution < 1.29 is 32.2 Å². The minimum Gasteiger partial charge on any atom is -0.457 e. The Kier molecular flexibility index (Phi) is 14.1. The number of nitrogens with zero attached hydrogens (tertiary/aromatic N) is 16. The third-order valence-electron chi connectivity index (χ3n) is 14.6. The molecule has 6 aromatic heterocycles. The molecule has 83 heavy (non-hydrogen) atoms. The largest absolute Gasteiger partial charge is 0.457 e. The van der Waals surface area contributed by atoms with Gasteiger partial charge in [0, 0.05) is 68.2 Å². The summed E-state index contributed by atoms with van der Waals surface area (Å²) in [7, 11) is 0. The van der Waals surface area contributed by atoms with E-state index in [1.54, 1.807) is 95.6 Å². The second kappa shape index (κ2) is 21.9. The van der Waals surface area contributed by atoms with E-state index < -0.39 is 17.9 Å². The summed E-state index contributed by atoms with van der Waals surface area (Å²) in [5.74, 6) is 2.45. The maximum atomic E-state index is 16.1. The molecule has 420 valence electrons. The lowest BCUT2D eigenvalue weighted by atomic mass is 10.0. The Hall–Kier alpha value is -10.4. The summed E-state index contributed by atoms with van der Waals surface area (Å²) in [5, 5.41) is 18.1. The van der Waals surface area contributed by atoms with Crippen LogP contribution in [-0.2, 0) is 16.1 Å². The fraction of sp³-hybridized carbons (Fsp3) is 0.246. The van der Waals surface area contributed by atoms with Gasteiger partial charge in [-0.15, -0.1) is 5.10 Å². The first-order valence-corrected chi connectivity index (χ1v) is 26.4. The number of aromatic nitrogens is 13. The summed E-state index contributed by atoms with van der Waals surface area (Å²) >= 11 is 0. The Morgan fingerprint density at radius 1 is 0.783 bits per heavy atom. The zero-order valence-corrected chi connectivity index (χ0v) is 45.2. The zero-order chi connectivity index (χ0) is 57.5. The van der Waals surface area contributed by atoms with Crippen molar-refractivity contribution in [1.82, 2.24) is 74.6 Å². The van der Waals surface area contributed by atoms with Crippen molar-refractivity contribution >= 4 is 90.9 Å². The Morgan fingerprint density at radius 3 is 2.18 bits per heavy atom. The van der Waals surface area contributed by atoms with E-state index in [1.807, 2.05) is 42.7 Å². The quantitative estimate of drug-likeness (QED) is 0.0763. The van der Waals surface area contributed by atoms with Crippen molar-refractivity contribution in [3.63, 3.8) is 0 Å². The number of benzene rings is 4. The molecular formula is C57H52F3N19O4. The number of imidazole rings is 1. The van der Waals surface area contributed by atoms with Crippen LogP contribution in [0.3, 0.4) is 0 Å². The Morgan fingerprint density at radius 2 is 1.47 bits per heavy atom. The summed E-state index contributed by atoms with van der Waals surface area (Å²) in [6.45, 7) is 11.0. The molecule has 0 bridgehead atoms. The Labute approximate surface area is 471 Å². The Balaban J connectivity index is 0.649. The third kappa shape index (κ3) is 10.9. The van der Waals surface area contributed by atoms with Crippen molar-refractivity contribution in [1.29, 1.82) is 0 Å². The molecule has 0 saturated carbocycles. The number of piperazine rings is 1. The molecule has 2 fully saturated rings. The summed E-state index contributed by atoms with van der Waals surface area (Å²) < 4.78 is 57.5. The first-order valence-electron chi connectivity index (χ1n) is 26.4. The molecule has 0 aliphatic carbocycles. The summed E-state index contributed by atoms with van der Waals surface area (Å²) in [5.41, 5.74) is 5.30. The van der Waals surface area contributed by atoms with Gasteiger partial charge in [0.2, 0.25) is 23.7 Å². The molecule has 0 unspecified atom stereocenters. The van der Waals surface area contributed by atoms with E-state index in [0.29, 0.717) is 124 Å². The molecule has 0 spiro atoms. The van der Waals surface area contributed by atoms with Crippen LogP contribution in [0.15, 0.2) is 123 Å². The number of amides is 2. The lowest BCUT2D eigenvalue weighted by Crippen LogP contribution is -2.54. The van der Waals surface area contributed by atoms with E-state index in [4.69, 9.17) is 19.4 Å². The summed E-state index contributed by atoms with van der Waals surface area (Å²) in [6.07, 6.45) is 12.3. The molecular weight excluding hydrogens is 1070 g/mol. The van der Waals surface area contributed by atoms with Gasteiger partial charge in [0.1, 0.15) is 69.6 Å². The van der Waals surface area contributed by atoms with Gasteiger partial charge in [-0.25, -0.2) is 53.9 Å².